The van der Waals surface area contributed by atoms with Crippen LogP contribution in [0.25, 0.3) is 22.3 Å². The highest BCUT2D eigenvalue weighted by Gasteiger charge is 2.36. The van der Waals surface area contributed by atoms with Crippen molar-refractivity contribution in [2.75, 3.05) is 20.2 Å². The van der Waals surface area contributed by atoms with Crippen LogP contribution < -0.4 is 5.43 Å². The van der Waals surface area contributed by atoms with Gasteiger partial charge in [-0.25, -0.2) is 4.39 Å². The van der Waals surface area contributed by atoms with E-state index >= 15 is 0 Å². The zero-order valence-electron chi connectivity index (χ0n) is 15.2. The van der Waals surface area contributed by atoms with Crippen molar-refractivity contribution >= 4 is 11.0 Å². The van der Waals surface area contributed by atoms with Gasteiger partial charge in [-0.3, -0.25) is 4.79 Å². The second-order valence-corrected chi connectivity index (χ2v) is 7.11. The van der Waals surface area contributed by atoms with Gasteiger partial charge in [0.15, 0.2) is 5.43 Å². The number of likely N-dealkylation sites (tertiary alicyclic amines) is 1. The molecule has 28 heavy (non-hydrogen) atoms. The number of aliphatic hydroxyl groups excluding tert-OH is 1. The third kappa shape index (κ3) is 2.83. The molecular weight excluding hydrogens is 365 g/mol. The molecule has 1 aliphatic rings. The Balaban J connectivity index is 2.03. The maximum Gasteiger partial charge on any atom is 0.197 e. The van der Waals surface area contributed by atoms with E-state index in [-0.39, 0.29) is 46.6 Å². The van der Waals surface area contributed by atoms with Gasteiger partial charge in [-0.05, 0) is 32.1 Å². The zero-order valence-corrected chi connectivity index (χ0v) is 15.2. The minimum atomic E-state index is -0.551. The molecule has 0 saturated carbocycles. The quantitative estimate of drug-likeness (QED) is 0.642. The van der Waals surface area contributed by atoms with Gasteiger partial charge in [0.1, 0.15) is 34.0 Å². The van der Waals surface area contributed by atoms with Crippen LogP contribution in [0.15, 0.2) is 45.6 Å². The second-order valence-electron chi connectivity index (χ2n) is 7.11. The number of hydrogen-bond acceptors (Lipinski definition) is 6. The number of rotatable bonds is 3. The summed E-state index contributed by atoms with van der Waals surface area (Å²) in [4.78, 5) is 14.7. The van der Waals surface area contributed by atoms with Crippen LogP contribution in [0.4, 0.5) is 4.39 Å². The Morgan fingerprint density at radius 1 is 1.21 bits per heavy atom. The smallest absolute Gasteiger partial charge is 0.197 e. The highest BCUT2D eigenvalue weighted by molar-refractivity contribution is 5.89. The Morgan fingerprint density at radius 2 is 1.96 bits per heavy atom. The summed E-state index contributed by atoms with van der Waals surface area (Å²) in [5.41, 5.74) is -0.0730. The third-order valence-electron chi connectivity index (χ3n) is 5.52. The first-order valence-electron chi connectivity index (χ1n) is 9.01. The molecule has 146 valence electrons. The summed E-state index contributed by atoms with van der Waals surface area (Å²) in [5.74, 6) is -1.48. The lowest BCUT2D eigenvalue weighted by molar-refractivity contribution is 0.172. The molecule has 0 aliphatic carbocycles. The lowest BCUT2D eigenvalue weighted by Crippen LogP contribution is -2.32. The first-order chi connectivity index (χ1) is 13.4. The van der Waals surface area contributed by atoms with E-state index in [9.17, 15) is 24.5 Å². The number of likely N-dealkylation sites (N-methyl/N-ethyl adjacent to an activating group) is 1. The number of phenolic OH excluding ortho intramolecular Hbond substituents is 2. The van der Waals surface area contributed by atoms with Crippen LogP contribution in [0.5, 0.6) is 11.5 Å². The number of aliphatic hydroxyl groups is 1. The SMILES string of the molecule is CN1CC[C@H](c2c(O)cc(O)c3c(=O)cc(-c4ccccc4F)oc23)[C@H]1CO. The lowest BCUT2D eigenvalue weighted by Gasteiger charge is -2.24. The second kappa shape index (κ2) is 6.92. The number of aromatic hydroxyl groups is 2. The van der Waals surface area contributed by atoms with Crippen LogP contribution in [0.2, 0.25) is 0 Å². The molecule has 0 amide bonds. The van der Waals surface area contributed by atoms with Crippen molar-refractivity contribution in [1.29, 1.82) is 0 Å². The monoisotopic (exact) mass is 385 g/mol. The average Bonchev–Trinajstić information content (AvgIpc) is 3.01. The molecule has 1 fully saturated rings. The van der Waals surface area contributed by atoms with Crippen LogP contribution in [-0.4, -0.2) is 46.5 Å². The number of fused-ring (bicyclic) bond motifs is 1. The Hall–Kier alpha value is -2.90. The van der Waals surface area contributed by atoms with Crippen LogP contribution in [0.1, 0.15) is 17.9 Å². The van der Waals surface area contributed by atoms with E-state index in [1.165, 1.54) is 18.2 Å². The first kappa shape index (κ1) is 18.5. The Kier molecular flexibility index (Phi) is 4.56. The molecule has 0 unspecified atom stereocenters. The lowest BCUT2D eigenvalue weighted by atomic mass is 9.89. The molecule has 0 radical (unpaired) electrons. The fraction of sp³-hybridized carbons (Fsp3) is 0.286. The third-order valence-corrected chi connectivity index (χ3v) is 5.52. The van der Waals surface area contributed by atoms with Gasteiger partial charge < -0.3 is 24.6 Å². The van der Waals surface area contributed by atoms with Crippen molar-refractivity contribution in [1.82, 2.24) is 4.90 Å². The van der Waals surface area contributed by atoms with E-state index in [2.05, 4.69) is 0 Å². The largest absolute Gasteiger partial charge is 0.507 e. The van der Waals surface area contributed by atoms with Gasteiger partial charge >= 0.3 is 0 Å². The molecule has 2 atom stereocenters. The number of benzene rings is 2. The van der Waals surface area contributed by atoms with Gasteiger partial charge in [-0.2, -0.15) is 0 Å². The van der Waals surface area contributed by atoms with E-state index in [4.69, 9.17) is 4.42 Å². The molecule has 3 N–H and O–H groups in total. The van der Waals surface area contributed by atoms with E-state index in [0.717, 1.165) is 12.1 Å². The van der Waals surface area contributed by atoms with Crippen LogP contribution >= 0.6 is 0 Å². The number of hydrogen-bond donors (Lipinski definition) is 3. The molecule has 2 aromatic carbocycles. The molecular formula is C21H20FNO5. The summed E-state index contributed by atoms with van der Waals surface area (Å²) in [6, 6.07) is 7.87. The number of phenols is 2. The first-order valence-corrected chi connectivity index (χ1v) is 9.01. The molecule has 0 spiro atoms. The van der Waals surface area contributed by atoms with Gasteiger partial charge in [-0.1, -0.05) is 12.1 Å². The van der Waals surface area contributed by atoms with Gasteiger partial charge in [0.25, 0.3) is 0 Å². The molecule has 6 nitrogen and oxygen atoms in total. The van der Waals surface area contributed by atoms with Crippen molar-refractivity contribution in [3.05, 3.63) is 58.0 Å². The number of nitrogens with zero attached hydrogens (tertiary/aromatic N) is 1. The molecule has 3 aromatic rings. The Bertz CT molecular complexity index is 1110. The van der Waals surface area contributed by atoms with E-state index in [1.54, 1.807) is 6.07 Å². The Morgan fingerprint density at radius 3 is 2.68 bits per heavy atom. The molecule has 1 saturated heterocycles. The van der Waals surface area contributed by atoms with Crippen molar-refractivity contribution < 1.29 is 24.1 Å². The maximum atomic E-state index is 14.2. The predicted molar refractivity (Wildman–Crippen MR) is 102 cm³/mol. The fourth-order valence-electron chi connectivity index (χ4n) is 4.09. The summed E-state index contributed by atoms with van der Waals surface area (Å²) in [6.07, 6.45) is 0.628. The number of halogens is 1. The fourth-order valence-corrected chi connectivity index (χ4v) is 4.09. The molecule has 2 heterocycles. The van der Waals surface area contributed by atoms with Crippen molar-refractivity contribution in [3.8, 4) is 22.8 Å². The maximum absolute atomic E-state index is 14.2. The minimum Gasteiger partial charge on any atom is -0.507 e. The highest BCUT2D eigenvalue weighted by atomic mass is 19.1. The molecule has 1 aliphatic heterocycles. The van der Waals surface area contributed by atoms with Gasteiger partial charge in [0.2, 0.25) is 0 Å². The van der Waals surface area contributed by atoms with Gasteiger partial charge in [0.05, 0.1) is 12.2 Å². The van der Waals surface area contributed by atoms with Crippen molar-refractivity contribution in [2.24, 2.45) is 0 Å². The Labute approximate surface area is 160 Å². The summed E-state index contributed by atoms with van der Waals surface area (Å²) < 4.78 is 20.1. The van der Waals surface area contributed by atoms with Gasteiger partial charge in [0, 0.05) is 29.7 Å². The summed E-state index contributed by atoms with van der Waals surface area (Å²) in [6.45, 7) is 0.551. The minimum absolute atomic E-state index is 0.00810. The molecule has 1 aromatic heterocycles. The zero-order chi connectivity index (χ0) is 20.0. The van der Waals surface area contributed by atoms with E-state index in [1.807, 2.05) is 11.9 Å². The van der Waals surface area contributed by atoms with Crippen LogP contribution in [0, 0.1) is 5.82 Å². The molecule has 0 bridgehead atoms. The van der Waals surface area contributed by atoms with Crippen LogP contribution in [-0.2, 0) is 0 Å². The normalized spacial score (nSPS) is 20.1. The van der Waals surface area contributed by atoms with Gasteiger partial charge in [-0.15, -0.1) is 0 Å². The summed E-state index contributed by atoms with van der Waals surface area (Å²) in [5, 5.41) is 30.5. The van der Waals surface area contributed by atoms with E-state index in [0.29, 0.717) is 18.5 Å². The topological polar surface area (TPSA) is 94.1 Å². The highest BCUT2D eigenvalue weighted by Crippen LogP contribution is 2.44. The van der Waals surface area contributed by atoms with Crippen LogP contribution in [0.3, 0.4) is 0 Å². The summed E-state index contributed by atoms with van der Waals surface area (Å²) in [7, 11) is 1.86. The summed E-state index contributed by atoms with van der Waals surface area (Å²) >= 11 is 0. The van der Waals surface area contributed by atoms with Crippen molar-refractivity contribution in [3.63, 3.8) is 0 Å². The van der Waals surface area contributed by atoms with E-state index < -0.39 is 17.0 Å². The molecule has 7 heteroatoms. The molecule has 4 rings (SSSR count). The van der Waals surface area contributed by atoms with Crippen molar-refractivity contribution in [2.45, 2.75) is 18.4 Å². The standard InChI is InChI=1S/C21H20FNO5/c1-23-7-6-12(14(23)10-24)19-15(25)8-16(26)20-17(27)9-18(28-21(19)20)11-4-2-3-5-13(11)22/h2-5,8-9,12,14,24-26H,6-7,10H2,1H3/t12-,14+/m0/s1. The predicted octanol–water partition coefficient (Wildman–Crippen LogP) is 2.79. The average molecular weight is 385 g/mol.